The van der Waals surface area contributed by atoms with Crippen LogP contribution in [0.5, 0.6) is 5.75 Å². The minimum absolute atomic E-state index is 0. The summed E-state index contributed by atoms with van der Waals surface area (Å²) >= 11 is 0. The third-order valence-electron chi connectivity index (χ3n) is 4.67. The van der Waals surface area contributed by atoms with Gasteiger partial charge in [0.05, 0.1) is 20.2 Å². The van der Waals surface area contributed by atoms with Crippen LogP contribution < -0.4 is 17.1 Å². The molecule has 0 saturated carbocycles. The number of halogens is 1. The number of tetrazole rings is 1. The summed E-state index contributed by atoms with van der Waals surface area (Å²) in [5.74, 6) is 1.75. The van der Waals surface area contributed by atoms with Gasteiger partial charge in [0.15, 0.2) is 5.82 Å². The molecular weight excluding hydrogens is 350 g/mol. The average molecular weight is 371 g/mol. The summed E-state index contributed by atoms with van der Waals surface area (Å²) in [5, 5.41) is 12.3. The standard InChI is InChI=1S/C19H21N5O.ClH/c1-25-18-8-6-15(7-9-18)12-24-19(20-21-22-24)14-23-11-10-16-4-2-3-5-17(16)13-23;/h2-9H,10-14H2,1H3;1H/p-1. The van der Waals surface area contributed by atoms with E-state index in [0.29, 0.717) is 6.54 Å². The van der Waals surface area contributed by atoms with E-state index in [9.17, 15) is 0 Å². The van der Waals surface area contributed by atoms with Gasteiger partial charge in [-0.15, -0.1) is 5.10 Å². The number of nitrogens with zero attached hydrogens (tertiary/aromatic N) is 5. The van der Waals surface area contributed by atoms with Crippen molar-refractivity contribution in [2.45, 2.75) is 26.1 Å². The maximum Gasteiger partial charge on any atom is 0.165 e. The van der Waals surface area contributed by atoms with Crippen LogP contribution in [0.1, 0.15) is 22.5 Å². The Morgan fingerprint density at radius 2 is 1.77 bits per heavy atom. The largest absolute Gasteiger partial charge is 1.00 e. The van der Waals surface area contributed by atoms with E-state index in [1.807, 2.05) is 28.9 Å². The quantitative estimate of drug-likeness (QED) is 0.594. The molecule has 1 aliphatic heterocycles. The average Bonchev–Trinajstić information content (AvgIpc) is 3.09. The smallest absolute Gasteiger partial charge is 0.165 e. The summed E-state index contributed by atoms with van der Waals surface area (Å²) in [6.45, 7) is 3.41. The Morgan fingerprint density at radius 1 is 1.00 bits per heavy atom. The van der Waals surface area contributed by atoms with Crippen LogP contribution in [0.4, 0.5) is 0 Å². The predicted octanol–water partition coefficient (Wildman–Crippen LogP) is -0.708. The third kappa shape index (κ3) is 4.03. The van der Waals surface area contributed by atoms with Gasteiger partial charge in [0, 0.05) is 13.1 Å². The second kappa shape index (κ2) is 8.29. The Balaban J connectivity index is 0.00000196. The monoisotopic (exact) mass is 370 g/mol. The Bertz CT molecular complexity index is 849. The molecule has 6 nitrogen and oxygen atoms in total. The van der Waals surface area contributed by atoms with Crippen molar-refractivity contribution in [1.29, 1.82) is 0 Å². The lowest BCUT2D eigenvalue weighted by Crippen LogP contribution is -3.00. The fraction of sp³-hybridized carbons (Fsp3) is 0.316. The lowest BCUT2D eigenvalue weighted by Gasteiger charge is -2.28. The van der Waals surface area contributed by atoms with E-state index in [1.54, 1.807) is 7.11 Å². The highest BCUT2D eigenvalue weighted by Crippen LogP contribution is 2.20. The number of methoxy groups -OCH3 is 1. The minimum Gasteiger partial charge on any atom is -1.00 e. The van der Waals surface area contributed by atoms with E-state index in [1.165, 1.54) is 11.1 Å². The van der Waals surface area contributed by atoms with Crippen molar-refractivity contribution >= 4 is 0 Å². The molecule has 4 rings (SSSR count). The second-order valence-corrected chi connectivity index (χ2v) is 6.33. The molecule has 0 amide bonds. The van der Waals surface area contributed by atoms with Gasteiger partial charge >= 0.3 is 0 Å². The summed E-state index contributed by atoms with van der Waals surface area (Å²) in [5.41, 5.74) is 4.01. The van der Waals surface area contributed by atoms with Gasteiger partial charge in [0.25, 0.3) is 0 Å². The Kier molecular flexibility index (Phi) is 5.85. The lowest BCUT2D eigenvalue weighted by molar-refractivity contribution is -0.00000560. The van der Waals surface area contributed by atoms with E-state index in [2.05, 4.69) is 44.7 Å². The van der Waals surface area contributed by atoms with Crippen LogP contribution in [0.25, 0.3) is 0 Å². The summed E-state index contributed by atoms with van der Waals surface area (Å²) < 4.78 is 7.08. The summed E-state index contributed by atoms with van der Waals surface area (Å²) in [7, 11) is 1.67. The zero-order valence-corrected chi connectivity index (χ0v) is 15.4. The lowest BCUT2D eigenvalue weighted by atomic mass is 10.00. The first kappa shape index (κ1) is 18.4. The van der Waals surface area contributed by atoms with Crippen molar-refractivity contribution in [3.8, 4) is 5.75 Å². The molecular formula is C19H21ClN5O-. The molecule has 0 atom stereocenters. The van der Waals surface area contributed by atoms with Crippen LogP contribution in [0.3, 0.4) is 0 Å². The van der Waals surface area contributed by atoms with Gasteiger partial charge in [-0.05, 0) is 45.7 Å². The molecule has 0 aliphatic carbocycles. The molecule has 0 fully saturated rings. The number of fused-ring (bicyclic) bond motifs is 1. The number of aromatic nitrogens is 4. The van der Waals surface area contributed by atoms with Crippen molar-refractivity contribution in [1.82, 2.24) is 25.1 Å². The predicted molar refractivity (Wildman–Crippen MR) is 94.2 cm³/mol. The molecule has 1 aromatic heterocycles. The number of rotatable bonds is 5. The number of hydrogen-bond donors (Lipinski definition) is 0. The molecule has 0 spiro atoms. The molecule has 3 aromatic rings. The van der Waals surface area contributed by atoms with E-state index < -0.39 is 0 Å². The molecule has 7 heteroatoms. The summed E-state index contributed by atoms with van der Waals surface area (Å²) in [6.07, 6.45) is 1.08. The number of ether oxygens (including phenoxy) is 1. The van der Waals surface area contributed by atoms with Crippen LogP contribution in [-0.2, 0) is 26.1 Å². The van der Waals surface area contributed by atoms with Gasteiger partial charge in [-0.3, -0.25) is 4.90 Å². The molecule has 136 valence electrons. The van der Waals surface area contributed by atoms with Gasteiger partial charge in [0.2, 0.25) is 0 Å². The zero-order chi connectivity index (χ0) is 17.1. The van der Waals surface area contributed by atoms with Gasteiger partial charge < -0.3 is 17.1 Å². The highest BCUT2D eigenvalue weighted by Gasteiger charge is 2.18. The van der Waals surface area contributed by atoms with E-state index >= 15 is 0 Å². The van der Waals surface area contributed by atoms with E-state index in [-0.39, 0.29) is 12.4 Å². The highest BCUT2D eigenvalue weighted by molar-refractivity contribution is 5.29. The fourth-order valence-corrected chi connectivity index (χ4v) is 3.25. The molecule has 2 aromatic carbocycles. The molecule has 0 unspecified atom stereocenters. The van der Waals surface area contributed by atoms with Gasteiger partial charge in [-0.1, -0.05) is 36.4 Å². The first-order valence-corrected chi connectivity index (χ1v) is 8.49. The van der Waals surface area contributed by atoms with Crippen LogP contribution in [0.2, 0.25) is 0 Å². The number of benzene rings is 2. The van der Waals surface area contributed by atoms with Crippen molar-refractivity contribution < 1.29 is 17.1 Å². The zero-order valence-electron chi connectivity index (χ0n) is 14.7. The minimum atomic E-state index is 0. The van der Waals surface area contributed by atoms with Crippen molar-refractivity contribution in [2.75, 3.05) is 13.7 Å². The molecule has 2 heterocycles. The van der Waals surface area contributed by atoms with Gasteiger partial charge in [-0.25, -0.2) is 4.68 Å². The second-order valence-electron chi connectivity index (χ2n) is 6.33. The maximum atomic E-state index is 5.20. The van der Waals surface area contributed by atoms with Crippen LogP contribution in [0, 0.1) is 0 Å². The molecule has 0 radical (unpaired) electrons. The van der Waals surface area contributed by atoms with Crippen LogP contribution >= 0.6 is 0 Å². The third-order valence-corrected chi connectivity index (χ3v) is 4.67. The molecule has 1 aliphatic rings. The molecule has 0 N–H and O–H groups in total. The summed E-state index contributed by atoms with van der Waals surface area (Å²) in [4.78, 5) is 2.40. The van der Waals surface area contributed by atoms with Gasteiger partial charge in [-0.2, -0.15) is 0 Å². The Labute approximate surface area is 159 Å². The fourth-order valence-electron chi connectivity index (χ4n) is 3.25. The topological polar surface area (TPSA) is 56.1 Å². The van der Waals surface area contributed by atoms with Crippen molar-refractivity contribution in [3.63, 3.8) is 0 Å². The first-order chi connectivity index (χ1) is 12.3. The van der Waals surface area contributed by atoms with E-state index in [0.717, 1.165) is 43.2 Å². The SMILES string of the molecule is COc1ccc(Cn2nnnc2CN2CCc3ccccc3C2)cc1.[Cl-]. The maximum absolute atomic E-state index is 5.20. The molecule has 0 bridgehead atoms. The molecule has 0 saturated heterocycles. The Hall–Kier alpha value is -2.44. The van der Waals surface area contributed by atoms with Crippen LogP contribution in [0.15, 0.2) is 48.5 Å². The van der Waals surface area contributed by atoms with Crippen LogP contribution in [-0.4, -0.2) is 38.8 Å². The molecule has 26 heavy (non-hydrogen) atoms. The highest BCUT2D eigenvalue weighted by atomic mass is 35.5. The first-order valence-electron chi connectivity index (χ1n) is 8.49. The summed E-state index contributed by atoms with van der Waals surface area (Å²) in [6, 6.07) is 16.7. The Morgan fingerprint density at radius 3 is 2.54 bits per heavy atom. The number of hydrogen-bond acceptors (Lipinski definition) is 5. The van der Waals surface area contributed by atoms with Gasteiger partial charge in [0.1, 0.15) is 5.75 Å². The van der Waals surface area contributed by atoms with Crippen molar-refractivity contribution in [3.05, 3.63) is 71.0 Å². The van der Waals surface area contributed by atoms with E-state index in [4.69, 9.17) is 4.74 Å². The normalized spacial score (nSPS) is 13.7. The van der Waals surface area contributed by atoms with Crippen molar-refractivity contribution in [2.24, 2.45) is 0 Å².